The average Bonchev–Trinajstić information content (AvgIpc) is 2.78. The van der Waals surface area contributed by atoms with E-state index in [1.54, 1.807) is 6.08 Å². The molecule has 0 fully saturated rings. The molecule has 0 radical (unpaired) electrons. The molecular formula is C26H51NO7P+. The number of hydrogen-bond donors (Lipinski definition) is 3. The summed E-state index contributed by atoms with van der Waals surface area (Å²) in [4.78, 5) is 22.3. The first kappa shape index (κ1) is 34.1. The van der Waals surface area contributed by atoms with Crippen molar-refractivity contribution in [3.63, 3.8) is 0 Å². The molecule has 8 nitrogen and oxygen atoms in total. The summed E-state index contributed by atoms with van der Waals surface area (Å²) in [5, 5.41) is 19.1. The van der Waals surface area contributed by atoms with Gasteiger partial charge in [0, 0.05) is 0 Å². The first-order valence-corrected chi connectivity index (χ1v) is 14.6. The molecule has 3 N–H and O–H groups in total. The van der Waals surface area contributed by atoms with Crippen LogP contribution in [0.25, 0.3) is 0 Å². The van der Waals surface area contributed by atoms with Gasteiger partial charge >= 0.3 is 7.82 Å². The van der Waals surface area contributed by atoms with Crippen LogP contribution in [0.5, 0.6) is 0 Å². The second-order valence-corrected chi connectivity index (χ2v) is 11.5. The minimum Gasteiger partial charge on any atom is -0.394 e. The Labute approximate surface area is 213 Å². The number of ketones is 1. The van der Waals surface area contributed by atoms with Crippen LogP contribution in [-0.4, -0.2) is 78.5 Å². The maximum absolute atomic E-state index is 12.4. The van der Waals surface area contributed by atoms with Gasteiger partial charge in [0.1, 0.15) is 19.3 Å². The van der Waals surface area contributed by atoms with E-state index in [1.165, 1.54) is 70.3 Å². The van der Waals surface area contributed by atoms with Gasteiger partial charge < -0.3 is 19.6 Å². The lowest BCUT2D eigenvalue weighted by molar-refractivity contribution is -0.870. The molecular weight excluding hydrogens is 469 g/mol. The molecule has 206 valence electrons. The van der Waals surface area contributed by atoms with Crippen LogP contribution < -0.4 is 0 Å². The third-order valence-electron chi connectivity index (χ3n) is 5.56. The van der Waals surface area contributed by atoms with E-state index < -0.39 is 32.4 Å². The van der Waals surface area contributed by atoms with Crippen molar-refractivity contribution < 1.29 is 38.0 Å². The number of rotatable bonds is 23. The lowest BCUT2D eigenvalue weighted by Crippen LogP contribution is -2.39. The third kappa shape index (κ3) is 21.0. The number of unbranched alkanes of at least 4 members (excludes halogenated alkanes) is 11. The van der Waals surface area contributed by atoms with Crippen LogP contribution in [0.1, 0.15) is 84.0 Å². The molecule has 0 aliphatic carbocycles. The molecule has 0 aliphatic rings. The summed E-state index contributed by atoms with van der Waals surface area (Å²) in [6.45, 7) is 1.82. The summed E-state index contributed by atoms with van der Waals surface area (Å²) < 4.78 is 22.5. The molecule has 35 heavy (non-hydrogen) atoms. The van der Waals surface area contributed by atoms with Gasteiger partial charge in [-0.2, -0.15) is 0 Å². The lowest BCUT2D eigenvalue weighted by Gasteiger charge is -2.25. The molecule has 2 unspecified atom stereocenters. The number of carbonyl (C=O) groups excluding carboxylic acids is 1. The van der Waals surface area contributed by atoms with Crippen molar-refractivity contribution in [2.45, 2.75) is 96.2 Å². The molecule has 0 aromatic heterocycles. The Hall–Kier alpha value is -0.860. The molecule has 0 spiro atoms. The quantitative estimate of drug-likeness (QED) is 0.0575. The zero-order chi connectivity index (χ0) is 26.6. The summed E-state index contributed by atoms with van der Waals surface area (Å²) in [6.07, 6.45) is 18.1. The van der Waals surface area contributed by atoms with E-state index >= 15 is 0 Å². The maximum atomic E-state index is 12.4. The second kappa shape index (κ2) is 20.2. The fourth-order valence-corrected chi connectivity index (χ4v) is 4.26. The second-order valence-electron chi connectivity index (χ2n) is 10.1. The summed E-state index contributed by atoms with van der Waals surface area (Å²) >= 11 is 0. The Morgan fingerprint density at radius 1 is 0.943 bits per heavy atom. The normalized spacial score (nSPS) is 16.1. The van der Waals surface area contributed by atoms with Gasteiger partial charge in [-0.05, 0) is 18.9 Å². The minimum absolute atomic E-state index is 0.0645. The van der Waals surface area contributed by atoms with E-state index in [0.717, 1.165) is 18.9 Å². The molecule has 0 amide bonds. The highest BCUT2D eigenvalue weighted by Crippen LogP contribution is 2.45. The van der Waals surface area contributed by atoms with E-state index in [2.05, 4.69) is 6.92 Å². The molecule has 0 heterocycles. The fraction of sp³-hybridized carbons (Fsp3) is 0.808. The van der Waals surface area contributed by atoms with E-state index in [4.69, 9.17) is 9.05 Å². The molecule has 0 aromatic rings. The number of quaternary nitrogens is 1. The van der Waals surface area contributed by atoms with Crippen molar-refractivity contribution in [3.8, 4) is 0 Å². The lowest BCUT2D eigenvalue weighted by atomic mass is 10.1. The van der Waals surface area contributed by atoms with Crippen molar-refractivity contribution in [1.29, 1.82) is 0 Å². The maximum Gasteiger partial charge on any atom is 0.473 e. The van der Waals surface area contributed by atoms with E-state index in [-0.39, 0.29) is 6.61 Å². The molecule has 0 bridgehead atoms. The van der Waals surface area contributed by atoms with E-state index in [0.29, 0.717) is 11.0 Å². The van der Waals surface area contributed by atoms with Crippen LogP contribution >= 0.6 is 7.82 Å². The third-order valence-corrected chi connectivity index (χ3v) is 6.56. The number of phosphoric ester groups is 1. The SMILES string of the molecule is CCCCCCCCCCCCCC=CC=CC(=O)C(OP(=O)(O)OCC[N+](C)(C)C)[C@@H](O)CO. The van der Waals surface area contributed by atoms with Crippen molar-refractivity contribution in [2.75, 3.05) is 40.9 Å². The molecule has 0 rings (SSSR count). The Balaban J connectivity index is 4.24. The summed E-state index contributed by atoms with van der Waals surface area (Å²) in [5.74, 6) is -0.727. The van der Waals surface area contributed by atoms with Crippen LogP contribution in [0.4, 0.5) is 0 Å². The Bertz CT molecular complexity index is 646. The standard InChI is InChI=1S/C26H50NO7P/c1-5-6-7-8-9-10-11-12-13-14-15-16-17-18-19-20-24(29)26(25(30)23-28)34-35(31,32)33-22-21-27(2,3)4/h17-20,25-26,28,30H,5-16,21-23H2,1-4H3/p+1/t25-,26?/m0/s1. The van der Waals surface area contributed by atoms with Crippen LogP contribution in [0.15, 0.2) is 24.3 Å². The molecule has 9 heteroatoms. The first-order valence-electron chi connectivity index (χ1n) is 13.1. The zero-order valence-electron chi connectivity index (χ0n) is 22.4. The molecule has 0 aromatic carbocycles. The van der Waals surface area contributed by atoms with Gasteiger partial charge in [0.2, 0.25) is 0 Å². The van der Waals surface area contributed by atoms with Gasteiger partial charge in [-0.25, -0.2) is 4.57 Å². The minimum atomic E-state index is -4.58. The van der Waals surface area contributed by atoms with Gasteiger partial charge in [-0.3, -0.25) is 13.8 Å². The van der Waals surface area contributed by atoms with Crippen molar-refractivity contribution in [3.05, 3.63) is 24.3 Å². The molecule has 3 atom stereocenters. The van der Waals surface area contributed by atoms with Crippen LogP contribution in [0.2, 0.25) is 0 Å². The van der Waals surface area contributed by atoms with Crippen LogP contribution in [-0.2, 0) is 18.4 Å². The van der Waals surface area contributed by atoms with Crippen molar-refractivity contribution in [1.82, 2.24) is 0 Å². The molecule has 0 saturated carbocycles. The van der Waals surface area contributed by atoms with Crippen molar-refractivity contribution >= 4 is 13.6 Å². The Morgan fingerprint density at radius 2 is 1.49 bits per heavy atom. The van der Waals surface area contributed by atoms with E-state index in [9.17, 15) is 24.5 Å². The largest absolute Gasteiger partial charge is 0.473 e. The highest BCUT2D eigenvalue weighted by molar-refractivity contribution is 7.47. The van der Waals surface area contributed by atoms with Crippen LogP contribution in [0.3, 0.4) is 0 Å². The van der Waals surface area contributed by atoms with Crippen molar-refractivity contribution in [2.24, 2.45) is 0 Å². The fourth-order valence-electron chi connectivity index (χ4n) is 3.36. The van der Waals surface area contributed by atoms with Crippen LogP contribution in [0, 0.1) is 0 Å². The summed E-state index contributed by atoms with van der Waals surface area (Å²) in [7, 11) is 1.09. The van der Waals surface area contributed by atoms with Gasteiger partial charge in [0.05, 0.1) is 27.7 Å². The van der Waals surface area contributed by atoms with Gasteiger partial charge in [-0.15, -0.1) is 0 Å². The number of carbonyl (C=O) groups is 1. The smallest absolute Gasteiger partial charge is 0.394 e. The highest BCUT2D eigenvalue weighted by Gasteiger charge is 2.35. The number of allylic oxidation sites excluding steroid dienone is 3. The predicted molar refractivity (Wildman–Crippen MR) is 141 cm³/mol. The monoisotopic (exact) mass is 520 g/mol. The number of nitrogens with zero attached hydrogens (tertiary/aromatic N) is 1. The van der Waals surface area contributed by atoms with Gasteiger partial charge in [0.25, 0.3) is 0 Å². The summed E-state index contributed by atoms with van der Waals surface area (Å²) in [6, 6.07) is 0. The number of phosphoric acid groups is 1. The van der Waals surface area contributed by atoms with Gasteiger partial charge in [0.15, 0.2) is 11.9 Å². The van der Waals surface area contributed by atoms with Gasteiger partial charge in [-0.1, -0.05) is 89.4 Å². The Kier molecular flexibility index (Phi) is 19.7. The number of aliphatic hydroxyl groups is 2. The molecule has 0 aliphatic heterocycles. The topological polar surface area (TPSA) is 113 Å². The summed E-state index contributed by atoms with van der Waals surface area (Å²) in [5.41, 5.74) is 0. The molecule has 0 saturated heterocycles. The number of likely N-dealkylation sites (N-methyl/N-ethyl adjacent to an activating group) is 1. The average molecular weight is 521 g/mol. The highest BCUT2D eigenvalue weighted by atomic mass is 31.2. The first-order chi connectivity index (χ1) is 16.5. The number of hydrogen-bond acceptors (Lipinski definition) is 6. The Morgan fingerprint density at radius 3 is 2.00 bits per heavy atom. The zero-order valence-corrected chi connectivity index (χ0v) is 23.3. The number of aliphatic hydroxyl groups excluding tert-OH is 2. The predicted octanol–water partition coefficient (Wildman–Crippen LogP) is 4.93. The van der Waals surface area contributed by atoms with E-state index in [1.807, 2.05) is 27.2 Å².